The monoisotopic (exact) mass is 321 g/mol. The Hall–Kier alpha value is -1.81. The molecule has 0 saturated carbocycles. The smallest absolute Gasteiger partial charge is 0.137 e. The van der Waals surface area contributed by atoms with Gasteiger partial charge in [-0.05, 0) is 51.8 Å². The maximum absolute atomic E-state index is 13.2. The molecule has 0 bridgehead atoms. The van der Waals surface area contributed by atoms with Gasteiger partial charge in [-0.2, -0.15) is 0 Å². The first-order chi connectivity index (χ1) is 9.10. The molecule has 2 aromatic rings. The van der Waals surface area contributed by atoms with Crippen LogP contribution in [-0.2, 0) is 0 Å². The Morgan fingerprint density at radius 1 is 1.26 bits per heavy atom. The van der Waals surface area contributed by atoms with Gasteiger partial charge in [0, 0.05) is 17.5 Å². The van der Waals surface area contributed by atoms with Crippen molar-refractivity contribution in [2.75, 3.05) is 12.4 Å². The lowest BCUT2D eigenvalue weighted by Crippen LogP contribution is -1.98. The van der Waals surface area contributed by atoms with Gasteiger partial charge in [-0.3, -0.25) is 0 Å². The summed E-state index contributed by atoms with van der Waals surface area (Å²) in [4.78, 5) is 0. The Balaban J connectivity index is 2.18. The Kier molecular flexibility index (Phi) is 4.22. The fraction of sp³-hybridized carbons (Fsp3) is 0.0667. The molecule has 1 N–H and O–H groups in total. The zero-order valence-electron chi connectivity index (χ0n) is 10.4. The molecule has 2 rings (SSSR count). The summed E-state index contributed by atoms with van der Waals surface area (Å²) >= 11 is 3.16. The van der Waals surface area contributed by atoms with E-state index in [0.29, 0.717) is 10.2 Å². The first kappa shape index (κ1) is 13.6. The summed E-state index contributed by atoms with van der Waals surface area (Å²) < 4.78 is 18.7. The second-order valence-corrected chi connectivity index (χ2v) is 4.82. The van der Waals surface area contributed by atoms with Crippen LogP contribution < -0.4 is 10.1 Å². The fourth-order valence-electron chi connectivity index (χ4n) is 1.63. The molecule has 4 heteroatoms. The van der Waals surface area contributed by atoms with E-state index in [0.717, 1.165) is 17.0 Å². The number of benzene rings is 2. The van der Waals surface area contributed by atoms with Crippen LogP contribution in [0.1, 0.15) is 5.56 Å². The highest BCUT2D eigenvalue weighted by molar-refractivity contribution is 9.10. The van der Waals surface area contributed by atoms with Crippen molar-refractivity contribution in [2.24, 2.45) is 0 Å². The number of hydrogen-bond donors (Lipinski definition) is 1. The van der Waals surface area contributed by atoms with Crippen molar-refractivity contribution < 1.29 is 9.13 Å². The van der Waals surface area contributed by atoms with E-state index in [1.165, 1.54) is 6.07 Å². The first-order valence-electron chi connectivity index (χ1n) is 5.65. The minimum Gasteiger partial charge on any atom is -0.497 e. The van der Waals surface area contributed by atoms with Crippen molar-refractivity contribution in [3.05, 3.63) is 64.9 Å². The van der Waals surface area contributed by atoms with Gasteiger partial charge in [0.2, 0.25) is 0 Å². The van der Waals surface area contributed by atoms with Gasteiger partial charge in [0.15, 0.2) is 0 Å². The number of hydrogen-bond acceptors (Lipinski definition) is 2. The van der Waals surface area contributed by atoms with Gasteiger partial charge in [0.1, 0.15) is 11.6 Å². The van der Waals surface area contributed by atoms with E-state index in [-0.39, 0.29) is 5.82 Å². The van der Waals surface area contributed by atoms with E-state index in [2.05, 4.69) is 27.8 Å². The normalized spacial score (nSPS) is 10.1. The molecule has 2 aromatic carbocycles. The van der Waals surface area contributed by atoms with Gasteiger partial charge < -0.3 is 10.1 Å². The average molecular weight is 322 g/mol. The standard InChI is InChI=1S/C15H13BrFNO/c1-10(11-6-7-15(17)14(16)8-11)18-12-4-3-5-13(9-12)19-2/h3-9,18H,1H2,2H3. The Labute approximate surface area is 120 Å². The summed E-state index contributed by atoms with van der Waals surface area (Å²) in [5.41, 5.74) is 2.37. The molecule has 0 aliphatic carbocycles. The van der Waals surface area contributed by atoms with Gasteiger partial charge in [0.05, 0.1) is 11.6 Å². The lowest BCUT2D eigenvalue weighted by Gasteiger charge is -2.11. The summed E-state index contributed by atoms with van der Waals surface area (Å²) in [6, 6.07) is 12.3. The van der Waals surface area contributed by atoms with Gasteiger partial charge >= 0.3 is 0 Å². The van der Waals surface area contributed by atoms with Crippen LogP contribution in [0.25, 0.3) is 5.70 Å². The summed E-state index contributed by atoms with van der Waals surface area (Å²) in [6.45, 7) is 3.95. The van der Waals surface area contributed by atoms with Crippen LogP contribution in [0.3, 0.4) is 0 Å². The van der Waals surface area contributed by atoms with Gasteiger partial charge in [-0.15, -0.1) is 0 Å². The number of rotatable bonds is 4. The van der Waals surface area contributed by atoms with Crippen LogP contribution in [0.4, 0.5) is 10.1 Å². The SMILES string of the molecule is C=C(Nc1cccc(OC)c1)c1ccc(F)c(Br)c1. The predicted octanol–water partition coefficient (Wildman–Crippen LogP) is 4.68. The highest BCUT2D eigenvalue weighted by Gasteiger charge is 2.04. The van der Waals surface area contributed by atoms with E-state index < -0.39 is 0 Å². The second kappa shape index (κ2) is 5.89. The highest BCUT2D eigenvalue weighted by Crippen LogP contribution is 2.24. The van der Waals surface area contributed by atoms with Crippen LogP contribution in [0.2, 0.25) is 0 Å². The minimum absolute atomic E-state index is 0.294. The Morgan fingerprint density at radius 2 is 2.05 bits per heavy atom. The van der Waals surface area contributed by atoms with Crippen LogP contribution in [0.15, 0.2) is 53.5 Å². The van der Waals surface area contributed by atoms with E-state index in [9.17, 15) is 4.39 Å². The molecule has 0 radical (unpaired) electrons. The van der Waals surface area contributed by atoms with Crippen LogP contribution >= 0.6 is 15.9 Å². The van der Waals surface area contributed by atoms with E-state index in [1.807, 2.05) is 24.3 Å². The van der Waals surface area contributed by atoms with Crippen LogP contribution in [0, 0.1) is 5.82 Å². The predicted molar refractivity (Wildman–Crippen MR) is 79.8 cm³/mol. The van der Waals surface area contributed by atoms with E-state index in [1.54, 1.807) is 19.2 Å². The first-order valence-corrected chi connectivity index (χ1v) is 6.45. The van der Waals surface area contributed by atoms with Crippen molar-refractivity contribution in [1.82, 2.24) is 0 Å². The molecular weight excluding hydrogens is 309 g/mol. The molecule has 98 valence electrons. The number of nitrogens with one attached hydrogen (secondary N) is 1. The van der Waals surface area contributed by atoms with Crippen molar-refractivity contribution >= 4 is 27.3 Å². The summed E-state index contributed by atoms with van der Waals surface area (Å²) in [6.07, 6.45) is 0. The van der Waals surface area contributed by atoms with Gasteiger partial charge in [-0.1, -0.05) is 12.6 Å². The third-order valence-corrected chi connectivity index (χ3v) is 3.24. The van der Waals surface area contributed by atoms with Crippen LogP contribution in [0.5, 0.6) is 5.75 Å². The van der Waals surface area contributed by atoms with Crippen molar-refractivity contribution in [3.8, 4) is 5.75 Å². The number of ether oxygens (including phenoxy) is 1. The van der Waals surface area contributed by atoms with Crippen molar-refractivity contribution in [3.63, 3.8) is 0 Å². The van der Waals surface area contributed by atoms with Gasteiger partial charge in [-0.25, -0.2) is 4.39 Å². The summed E-state index contributed by atoms with van der Waals surface area (Å²) in [7, 11) is 1.62. The van der Waals surface area contributed by atoms with Crippen molar-refractivity contribution in [1.29, 1.82) is 0 Å². The lowest BCUT2D eigenvalue weighted by molar-refractivity contribution is 0.415. The third-order valence-electron chi connectivity index (χ3n) is 2.63. The molecule has 0 heterocycles. The zero-order valence-corrected chi connectivity index (χ0v) is 12.0. The van der Waals surface area contributed by atoms with Crippen molar-refractivity contribution in [2.45, 2.75) is 0 Å². The maximum Gasteiger partial charge on any atom is 0.137 e. The lowest BCUT2D eigenvalue weighted by atomic mass is 10.1. The largest absolute Gasteiger partial charge is 0.497 e. The Morgan fingerprint density at radius 3 is 2.74 bits per heavy atom. The molecule has 19 heavy (non-hydrogen) atoms. The zero-order chi connectivity index (χ0) is 13.8. The van der Waals surface area contributed by atoms with E-state index in [4.69, 9.17) is 4.74 Å². The number of halogens is 2. The summed E-state index contributed by atoms with van der Waals surface area (Å²) in [5, 5.41) is 3.16. The molecule has 0 amide bonds. The second-order valence-electron chi connectivity index (χ2n) is 3.96. The molecule has 0 unspecified atom stereocenters. The molecule has 0 aromatic heterocycles. The highest BCUT2D eigenvalue weighted by atomic mass is 79.9. The third kappa shape index (κ3) is 3.35. The topological polar surface area (TPSA) is 21.3 Å². The molecule has 0 spiro atoms. The molecule has 0 saturated heterocycles. The quantitative estimate of drug-likeness (QED) is 0.882. The molecule has 2 nitrogen and oxygen atoms in total. The fourth-order valence-corrected chi connectivity index (χ4v) is 2.01. The molecular formula is C15H13BrFNO. The maximum atomic E-state index is 13.2. The average Bonchev–Trinajstić information content (AvgIpc) is 2.42. The molecule has 0 atom stereocenters. The van der Waals surface area contributed by atoms with Gasteiger partial charge in [0.25, 0.3) is 0 Å². The van der Waals surface area contributed by atoms with E-state index >= 15 is 0 Å². The summed E-state index contributed by atoms with van der Waals surface area (Å²) in [5.74, 6) is 0.469. The van der Waals surface area contributed by atoms with Crippen LogP contribution in [-0.4, -0.2) is 7.11 Å². The number of methoxy groups -OCH3 is 1. The molecule has 0 fully saturated rings. The number of anilines is 1. The molecule has 0 aliphatic rings. The molecule has 0 aliphatic heterocycles. The minimum atomic E-state index is -0.294. The Bertz CT molecular complexity index is 613.